The second kappa shape index (κ2) is 6.58. The Morgan fingerprint density at radius 3 is 2.50 bits per heavy atom. The molecule has 3 rings (SSSR count). The maximum Gasteiger partial charge on any atom is 0.248 e. The number of pyridine rings is 1. The number of hydrogen-bond donors (Lipinski definition) is 1. The summed E-state index contributed by atoms with van der Waals surface area (Å²) in [5.74, 6) is -0.371. The second-order valence-corrected chi connectivity index (χ2v) is 5.53. The summed E-state index contributed by atoms with van der Waals surface area (Å²) in [7, 11) is 0. The van der Waals surface area contributed by atoms with E-state index in [2.05, 4.69) is 14.8 Å². The van der Waals surface area contributed by atoms with Crippen molar-refractivity contribution in [1.29, 1.82) is 0 Å². The lowest BCUT2D eigenvalue weighted by atomic mass is 10.1. The molecule has 2 N–H and O–H groups in total. The third kappa shape index (κ3) is 3.43. The molecule has 1 fully saturated rings. The Bertz CT molecular complexity index is 636. The van der Waals surface area contributed by atoms with Gasteiger partial charge in [-0.1, -0.05) is 12.1 Å². The van der Waals surface area contributed by atoms with E-state index in [1.165, 1.54) is 5.69 Å². The largest absolute Gasteiger partial charge is 0.369 e. The van der Waals surface area contributed by atoms with Crippen LogP contribution in [0.1, 0.15) is 15.9 Å². The molecule has 0 radical (unpaired) electrons. The van der Waals surface area contributed by atoms with Gasteiger partial charge in [0.2, 0.25) is 5.91 Å². The molecule has 22 heavy (non-hydrogen) atoms. The monoisotopic (exact) mass is 296 g/mol. The quantitative estimate of drug-likeness (QED) is 0.929. The SMILES string of the molecule is NC(=O)c1cccc(CN2CCN(c3ccncc3)CC2)c1. The zero-order valence-corrected chi connectivity index (χ0v) is 12.5. The zero-order chi connectivity index (χ0) is 15.4. The molecule has 1 aromatic heterocycles. The van der Waals surface area contributed by atoms with Crippen molar-refractivity contribution in [3.05, 3.63) is 59.9 Å². The van der Waals surface area contributed by atoms with Gasteiger partial charge in [0.05, 0.1) is 0 Å². The highest BCUT2D eigenvalue weighted by Gasteiger charge is 2.17. The van der Waals surface area contributed by atoms with Crippen LogP contribution in [-0.4, -0.2) is 42.0 Å². The smallest absolute Gasteiger partial charge is 0.248 e. The topological polar surface area (TPSA) is 62.5 Å². The maximum atomic E-state index is 11.2. The van der Waals surface area contributed by atoms with Gasteiger partial charge in [0.15, 0.2) is 0 Å². The fraction of sp³-hybridized carbons (Fsp3) is 0.294. The molecule has 5 heteroatoms. The van der Waals surface area contributed by atoms with Gasteiger partial charge in [-0.2, -0.15) is 0 Å². The van der Waals surface area contributed by atoms with Crippen molar-refractivity contribution in [3.63, 3.8) is 0 Å². The Kier molecular flexibility index (Phi) is 4.34. The average molecular weight is 296 g/mol. The lowest BCUT2D eigenvalue weighted by Gasteiger charge is -2.36. The van der Waals surface area contributed by atoms with E-state index in [0.29, 0.717) is 5.56 Å². The molecule has 0 atom stereocenters. The van der Waals surface area contributed by atoms with Crippen molar-refractivity contribution in [2.24, 2.45) is 5.73 Å². The normalized spacial score (nSPS) is 15.7. The summed E-state index contributed by atoms with van der Waals surface area (Å²) in [6, 6.07) is 11.7. The number of carbonyl (C=O) groups excluding carboxylic acids is 1. The Balaban J connectivity index is 1.58. The van der Waals surface area contributed by atoms with Gasteiger partial charge in [-0.15, -0.1) is 0 Å². The summed E-state index contributed by atoms with van der Waals surface area (Å²) in [5.41, 5.74) is 8.27. The standard InChI is InChI=1S/C17H20N4O/c18-17(22)15-3-1-2-14(12-15)13-20-8-10-21(11-9-20)16-4-6-19-7-5-16/h1-7,12H,8-11,13H2,(H2,18,22). The van der Waals surface area contributed by atoms with Crippen molar-refractivity contribution in [3.8, 4) is 0 Å². The van der Waals surface area contributed by atoms with Crippen LogP contribution < -0.4 is 10.6 Å². The van der Waals surface area contributed by atoms with Crippen molar-refractivity contribution in [2.75, 3.05) is 31.1 Å². The van der Waals surface area contributed by atoms with Crippen LogP contribution in [0.4, 0.5) is 5.69 Å². The minimum absolute atomic E-state index is 0.371. The summed E-state index contributed by atoms with van der Waals surface area (Å²) >= 11 is 0. The highest BCUT2D eigenvalue weighted by atomic mass is 16.1. The molecule has 1 saturated heterocycles. The van der Waals surface area contributed by atoms with Crippen LogP contribution in [-0.2, 0) is 6.54 Å². The van der Waals surface area contributed by atoms with Gasteiger partial charge in [-0.05, 0) is 29.8 Å². The fourth-order valence-electron chi connectivity index (χ4n) is 2.80. The predicted octanol–water partition coefficient (Wildman–Crippen LogP) is 1.50. The second-order valence-electron chi connectivity index (χ2n) is 5.53. The van der Waals surface area contributed by atoms with E-state index < -0.39 is 0 Å². The van der Waals surface area contributed by atoms with Gasteiger partial charge in [0, 0.05) is 56.4 Å². The van der Waals surface area contributed by atoms with Gasteiger partial charge in [-0.3, -0.25) is 14.7 Å². The molecule has 1 amide bonds. The first-order valence-electron chi connectivity index (χ1n) is 7.48. The van der Waals surface area contributed by atoms with Gasteiger partial charge in [-0.25, -0.2) is 0 Å². The first kappa shape index (κ1) is 14.5. The van der Waals surface area contributed by atoms with Crippen molar-refractivity contribution >= 4 is 11.6 Å². The number of carbonyl (C=O) groups is 1. The third-order valence-electron chi connectivity index (χ3n) is 4.02. The highest BCUT2D eigenvalue weighted by Crippen LogP contribution is 2.16. The Labute approximate surface area is 130 Å². The number of aromatic nitrogens is 1. The molecule has 2 heterocycles. The van der Waals surface area contributed by atoms with Crippen LogP contribution in [0.2, 0.25) is 0 Å². The molecule has 1 aromatic carbocycles. The number of nitrogens with two attached hydrogens (primary N) is 1. The van der Waals surface area contributed by atoms with Gasteiger partial charge < -0.3 is 10.6 Å². The molecule has 0 unspecified atom stereocenters. The Morgan fingerprint density at radius 2 is 1.82 bits per heavy atom. The van der Waals surface area contributed by atoms with E-state index in [1.807, 2.05) is 42.7 Å². The number of benzene rings is 1. The maximum absolute atomic E-state index is 11.2. The number of anilines is 1. The Hall–Kier alpha value is -2.40. The van der Waals surface area contributed by atoms with Crippen LogP contribution in [0.5, 0.6) is 0 Å². The molecule has 5 nitrogen and oxygen atoms in total. The van der Waals surface area contributed by atoms with Crippen LogP contribution in [0, 0.1) is 0 Å². The number of nitrogens with zero attached hydrogens (tertiary/aromatic N) is 3. The summed E-state index contributed by atoms with van der Waals surface area (Å²) < 4.78 is 0. The number of hydrogen-bond acceptors (Lipinski definition) is 4. The first-order chi connectivity index (χ1) is 10.7. The van der Waals surface area contributed by atoms with Gasteiger partial charge >= 0.3 is 0 Å². The van der Waals surface area contributed by atoms with E-state index >= 15 is 0 Å². The minimum atomic E-state index is -0.371. The summed E-state index contributed by atoms with van der Waals surface area (Å²) in [6.45, 7) is 4.86. The van der Waals surface area contributed by atoms with E-state index in [-0.39, 0.29) is 5.91 Å². The van der Waals surface area contributed by atoms with Crippen molar-refractivity contribution in [1.82, 2.24) is 9.88 Å². The molecule has 1 aliphatic rings. The Morgan fingerprint density at radius 1 is 1.09 bits per heavy atom. The predicted molar refractivity (Wildman–Crippen MR) is 86.7 cm³/mol. The van der Waals surface area contributed by atoms with Crippen LogP contribution in [0.25, 0.3) is 0 Å². The molecule has 0 spiro atoms. The van der Waals surface area contributed by atoms with E-state index in [0.717, 1.165) is 38.3 Å². The highest BCUT2D eigenvalue weighted by molar-refractivity contribution is 5.92. The van der Waals surface area contributed by atoms with Crippen molar-refractivity contribution < 1.29 is 4.79 Å². The molecule has 0 bridgehead atoms. The lowest BCUT2D eigenvalue weighted by molar-refractivity contribution is 0.1000. The number of rotatable bonds is 4. The molecule has 0 aliphatic carbocycles. The number of amides is 1. The lowest BCUT2D eigenvalue weighted by Crippen LogP contribution is -2.45. The van der Waals surface area contributed by atoms with E-state index in [4.69, 9.17) is 5.73 Å². The van der Waals surface area contributed by atoms with Crippen LogP contribution in [0.15, 0.2) is 48.8 Å². The average Bonchev–Trinajstić information content (AvgIpc) is 2.56. The molecule has 0 saturated carbocycles. The molecular formula is C17H20N4O. The zero-order valence-electron chi connectivity index (χ0n) is 12.5. The number of piperazine rings is 1. The van der Waals surface area contributed by atoms with Crippen molar-refractivity contribution in [2.45, 2.75) is 6.54 Å². The minimum Gasteiger partial charge on any atom is -0.369 e. The molecule has 2 aromatic rings. The van der Waals surface area contributed by atoms with Crippen LogP contribution >= 0.6 is 0 Å². The van der Waals surface area contributed by atoms with Crippen LogP contribution in [0.3, 0.4) is 0 Å². The fourth-order valence-corrected chi connectivity index (χ4v) is 2.80. The molecular weight excluding hydrogens is 276 g/mol. The van der Waals surface area contributed by atoms with Gasteiger partial charge in [0.25, 0.3) is 0 Å². The number of primary amides is 1. The first-order valence-corrected chi connectivity index (χ1v) is 7.48. The third-order valence-corrected chi connectivity index (χ3v) is 4.02. The van der Waals surface area contributed by atoms with Gasteiger partial charge in [0.1, 0.15) is 0 Å². The van der Waals surface area contributed by atoms with E-state index in [1.54, 1.807) is 6.07 Å². The summed E-state index contributed by atoms with van der Waals surface area (Å²) in [4.78, 5) is 20.1. The van der Waals surface area contributed by atoms with E-state index in [9.17, 15) is 4.79 Å². The summed E-state index contributed by atoms with van der Waals surface area (Å²) in [6.07, 6.45) is 3.66. The summed E-state index contributed by atoms with van der Waals surface area (Å²) in [5, 5.41) is 0. The molecule has 1 aliphatic heterocycles. The molecule has 114 valence electrons.